The summed E-state index contributed by atoms with van der Waals surface area (Å²) in [6, 6.07) is 0. The first-order valence-corrected chi connectivity index (χ1v) is 6.62. The molecule has 0 aromatic rings. The van der Waals surface area contributed by atoms with Gasteiger partial charge in [0.15, 0.2) is 0 Å². The maximum absolute atomic E-state index is 10.1. The molecule has 0 amide bonds. The number of carbonyl (C=O) groups excluding carboxylic acids is 1. The number of allylic oxidation sites excluding steroid dienone is 2. The third kappa shape index (κ3) is 18.3. The average molecular weight is 289 g/mol. The monoisotopic (exact) mass is 288 g/mol. The van der Waals surface area contributed by atoms with E-state index in [1.807, 2.05) is 0 Å². The first-order chi connectivity index (χ1) is 7.77. The van der Waals surface area contributed by atoms with Crippen LogP contribution in [0.4, 0.5) is 0 Å². The van der Waals surface area contributed by atoms with Crippen LogP contribution in [-0.2, 0) is 21.9 Å². The molecule has 2 nitrogen and oxygen atoms in total. The summed E-state index contributed by atoms with van der Waals surface area (Å²) < 4.78 is 0. The Bertz CT molecular complexity index is 191. The Hall–Kier alpha value is -0.271. The Morgan fingerprint density at radius 3 is 2.06 bits per heavy atom. The molecule has 0 rings (SSSR count). The zero-order valence-corrected chi connectivity index (χ0v) is 11.8. The summed E-state index contributed by atoms with van der Waals surface area (Å²) in [6.07, 6.45) is 15.1. The van der Waals surface area contributed by atoms with Crippen molar-refractivity contribution in [1.29, 1.82) is 0 Å². The third-order valence-corrected chi connectivity index (χ3v) is 2.64. The summed E-state index contributed by atoms with van der Waals surface area (Å²) in [6.45, 7) is 2.21. The second-order valence-electron chi connectivity index (χ2n) is 4.29. The van der Waals surface area contributed by atoms with Gasteiger partial charge < -0.3 is 9.90 Å². The number of hydrogen-bond acceptors (Lipinski definition) is 2. The van der Waals surface area contributed by atoms with Gasteiger partial charge in [0.1, 0.15) is 0 Å². The van der Waals surface area contributed by atoms with Crippen LogP contribution in [0, 0.1) is 0 Å². The van der Waals surface area contributed by atoms with Crippen LogP contribution in [-0.4, -0.2) is 5.97 Å². The Morgan fingerprint density at radius 1 is 0.941 bits per heavy atom. The van der Waals surface area contributed by atoms with Crippen molar-refractivity contribution in [1.82, 2.24) is 0 Å². The van der Waals surface area contributed by atoms with Gasteiger partial charge in [-0.2, -0.15) is 0 Å². The van der Waals surface area contributed by atoms with Crippen LogP contribution in [0.1, 0.15) is 71.1 Å². The van der Waals surface area contributed by atoms with Crippen LogP contribution in [0.15, 0.2) is 12.2 Å². The van der Waals surface area contributed by atoms with Crippen molar-refractivity contribution in [2.45, 2.75) is 71.1 Å². The minimum Gasteiger partial charge on any atom is -0.550 e. The Morgan fingerprint density at radius 2 is 1.47 bits per heavy atom. The maximum atomic E-state index is 10.1. The van der Waals surface area contributed by atoms with E-state index in [1.165, 1.54) is 38.5 Å². The van der Waals surface area contributed by atoms with Crippen LogP contribution in [0.3, 0.4) is 0 Å². The molecule has 0 radical (unpaired) electrons. The van der Waals surface area contributed by atoms with Gasteiger partial charge in [0.05, 0.1) is 0 Å². The van der Waals surface area contributed by atoms with Crippen molar-refractivity contribution >= 4 is 5.97 Å². The molecule has 0 bridgehead atoms. The number of carboxylic acids is 1. The molecule has 0 saturated heterocycles. The first-order valence-electron chi connectivity index (χ1n) is 6.62. The molecular weight excluding hydrogens is 264 g/mol. The molecule has 0 spiro atoms. The Kier molecular flexibility index (Phi) is 17.7. The molecule has 0 heterocycles. The molecule has 104 valence electrons. The van der Waals surface area contributed by atoms with Gasteiger partial charge >= 0.3 is 17.1 Å². The fraction of sp³-hybridized carbons (Fsp3) is 0.786. The van der Waals surface area contributed by atoms with Gasteiger partial charge in [-0.3, -0.25) is 0 Å². The molecule has 3 heteroatoms. The molecule has 0 atom stereocenters. The Labute approximate surface area is 116 Å². The van der Waals surface area contributed by atoms with E-state index < -0.39 is 5.97 Å². The quantitative estimate of drug-likeness (QED) is 0.333. The van der Waals surface area contributed by atoms with Crippen molar-refractivity contribution in [2.24, 2.45) is 0 Å². The summed E-state index contributed by atoms with van der Waals surface area (Å²) in [5.74, 6) is -0.918. The topological polar surface area (TPSA) is 40.1 Å². The van der Waals surface area contributed by atoms with Crippen LogP contribution in [0.25, 0.3) is 0 Å². The largest absolute Gasteiger partial charge is 1.00 e. The van der Waals surface area contributed by atoms with Crippen LogP contribution in [0.5, 0.6) is 0 Å². The standard InChI is InChI=1S/C14H26O2.Cu/c1-2-3-4-5-6-7-8-9-10-11-12-13-14(15)16;/h5-6H,2-4,7-13H2,1H3,(H,15,16);/q;+1/p-1. The fourth-order valence-electron chi connectivity index (χ4n) is 1.62. The molecule has 0 aromatic heterocycles. The van der Waals surface area contributed by atoms with Crippen molar-refractivity contribution in [3.8, 4) is 0 Å². The van der Waals surface area contributed by atoms with E-state index in [0.29, 0.717) is 0 Å². The molecule has 0 aliphatic carbocycles. The predicted octanol–water partition coefficient (Wildman–Crippen LogP) is 3.21. The summed E-state index contributed by atoms with van der Waals surface area (Å²) in [4.78, 5) is 10.1. The van der Waals surface area contributed by atoms with Gasteiger partial charge in [0.25, 0.3) is 0 Å². The van der Waals surface area contributed by atoms with Gasteiger partial charge in [-0.25, -0.2) is 0 Å². The molecule has 0 aliphatic rings. The number of carbonyl (C=O) groups is 1. The first kappa shape index (κ1) is 19.1. The summed E-state index contributed by atoms with van der Waals surface area (Å²) in [5, 5.41) is 10.1. The van der Waals surface area contributed by atoms with Crippen LogP contribution >= 0.6 is 0 Å². The van der Waals surface area contributed by atoms with Gasteiger partial charge in [0.2, 0.25) is 0 Å². The fourth-order valence-corrected chi connectivity index (χ4v) is 1.62. The van der Waals surface area contributed by atoms with Gasteiger partial charge in [-0.05, 0) is 32.1 Å². The van der Waals surface area contributed by atoms with E-state index in [1.54, 1.807) is 0 Å². The molecule has 0 aromatic carbocycles. The van der Waals surface area contributed by atoms with E-state index in [9.17, 15) is 9.90 Å². The average Bonchev–Trinajstić information content (AvgIpc) is 2.25. The van der Waals surface area contributed by atoms with Crippen molar-refractivity contribution in [3.05, 3.63) is 12.2 Å². The second kappa shape index (κ2) is 15.7. The Balaban J connectivity index is 0. The maximum Gasteiger partial charge on any atom is 1.00 e. The predicted molar refractivity (Wildman–Crippen MR) is 66.0 cm³/mol. The minimum atomic E-state index is -0.918. The van der Waals surface area contributed by atoms with Gasteiger partial charge in [0, 0.05) is 5.97 Å². The molecule has 0 fully saturated rings. The number of unbranched alkanes of at least 4 members (excludes halogenated alkanes) is 7. The summed E-state index contributed by atoms with van der Waals surface area (Å²) in [5.41, 5.74) is 0. The molecule has 0 N–H and O–H groups in total. The van der Waals surface area contributed by atoms with E-state index in [0.717, 1.165) is 19.3 Å². The number of aliphatic carboxylic acids is 1. The molecule has 0 aliphatic heterocycles. The zero-order chi connectivity index (χ0) is 12.1. The number of carboxylic acid groups (broad SMARTS) is 1. The van der Waals surface area contributed by atoms with Crippen LogP contribution < -0.4 is 5.11 Å². The normalized spacial score (nSPS) is 10.4. The van der Waals surface area contributed by atoms with Crippen molar-refractivity contribution in [3.63, 3.8) is 0 Å². The van der Waals surface area contributed by atoms with Crippen molar-refractivity contribution < 1.29 is 27.0 Å². The molecular formula is C14H25CuO2. The summed E-state index contributed by atoms with van der Waals surface area (Å²) in [7, 11) is 0. The third-order valence-electron chi connectivity index (χ3n) is 2.64. The molecule has 17 heavy (non-hydrogen) atoms. The SMILES string of the molecule is CCCCC=CCCCCCCCC(=O)[O-].[Cu+]. The van der Waals surface area contributed by atoms with Crippen LogP contribution in [0.2, 0.25) is 0 Å². The minimum absolute atomic E-state index is 0. The van der Waals surface area contributed by atoms with Crippen molar-refractivity contribution in [2.75, 3.05) is 0 Å². The number of rotatable bonds is 11. The van der Waals surface area contributed by atoms with Gasteiger partial charge in [-0.15, -0.1) is 0 Å². The zero-order valence-electron chi connectivity index (χ0n) is 10.8. The second-order valence-corrected chi connectivity index (χ2v) is 4.29. The van der Waals surface area contributed by atoms with E-state index in [-0.39, 0.29) is 23.5 Å². The molecule has 0 saturated carbocycles. The molecule has 0 unspecified atom stereocenters. The summed E-state index contributed by atoms with van der Waals surface area (Å²) >= 11 is 0. The van der Waals surface area contributed by atoms with E-state index in [4.69, 9.17) is 0 Å². The smallest absolute Gasteiger partial charge is 0.550 e. The van der Waals surface area contributed by atoms with E-state index >= 15 is 0 Å². The number of hydrogen-bond donors (Lipinski definition) is 0. The van der Waals surface area contributed by atoms with E-state index in [2.05, 4.69) is 19.1 Å². The van der Waals surface area contributed by atoms with Gasteiger partial charge in [-0.1, -0.05) is 51.2 Å².